The Bertz CT molecular complexity index is 328. The summed E-state index contributed by atoms with van der Waals surface area (Å²) in [4.78, 5) is 0. The van der Waals surface area contributed by atoms with Crippen molar-refractivity contribution in [3.63, 3.8) is 0 Å². The number of rotatable bonds is 4. The summed E-state index contributed by atoms with van der Waals surface area (Å²) < 4.78 is 0. The number of nitrogens with one attached hydrogen (secondary N) is 1. The number of nitrogens with two attached hydrogens (primary N) is 1. The van der Waals surface area contributed by atoms with E-state index in [0.717, 1.165) is 13.1 Å². The number of hydrogen-bond donors (Lipinski definition) is 2. The molecule has 0 amide bonds. The van der Waals surface area contributed by atoms with E-state index in [1.54, 1.807) is 0 Å². The molecule has 1 aromatic rings. The van der Waals surface area contributed by atoms with Crippen molar-refractivity contribution in [3.05, 3.63) is 35.9 Å². The highest BCUT2D eigenvalue weighted by Crippen LogP contribution is 2.35. The van der Waals surface area contributed by atoms with Crippen molar-refractivity contribution < 1.29 is 0 Å². The summed E-state index contributed by atoms with van der Waals surface area (Å²) in [5, 5.41) is 4.28. The monoisotopic (exact) mass is 236 g/mol. The Morgan fingerprint density at radius 1 is 1.44 bits per heavy atom. The van der Waals surface area contributed by atoms with Gasteiger partial charge >= 0.3 is 0 Å². The predicted octanol–water partition coefficient (Wildman–Crippen LogP) is 2.00. The molecule has 3 heteroatoms. The van der Waals surface area contributed by atoms with Gasteiger partial charge in [0, 0.05) is 23.9 Å². The van der Waals surface area contributed by atoms with Crippen LogP contribution in [0.2, 0.25) is 0 Å². The van der Waals surface area contributed by atoms with E-state index in [1.807, 2.05) is 11.8 Å². The number of benzene rings is 1. The third-order valence-electron chi connectivity index (χ3n) is 3.55. The molecule has 1 saturated heterocycles. The van der Waals surface area contributed by atoms with Gasteiger partial charge in [-0.1, -0.05) is 37.3 Å². The Morgan fingerprint density at radius 2 is 2.19 bits per heavy atom. The maximum atomic E-state index is 5.95. The van der Waals surface area contributed by atoms with E-state index in [2.05, 4.69) is 42.6 Å². The summed E-state index contributed by atoms with van der Waals surface area (Å²) in [7, 11) is 0. The lowest BCUT2D eigenvalue weighted by molar-refractivity contribution is 0.332. The van der Waals surface area contributed by atoms with Crippen molar-refractivity contribution in [3.8, 4) is 0 Å². The van der Waals surface area contributed by atoms with Gasteiger partial charge in [0.15, 0.2) is 0 Å². The van der Waals surface area contributed by atoms with Crippen molar-refractivity contribution >= 4 is 11.8 Å². The largest absolute Gasteiger partial charge is 0.329 e. The van der Waals surface area contributed by atoms with Gasteiger partial charge in [-0.15, -0.1) is 0 Å². The molecule has 2 atom stereocenters. The van der Waals surface area contributed by atoms with Crippen LogP contribution >= 0.6 is 11.8 Å². The van der Waals surface area contributed by atoms with E-state index in [0.29, 0.717) is 5.25 Å². The predicted molar refractivity (Wildman–Crippen MR) is 71.6 cm³/mol. The van der Waals surface area contributed by atoms with Gasteiger partial charge in [0.05, 0.1) is 0 Å². The van der Waals surface area contributed by atoms with Gasteiger partial charge in [-0.3, -0.25) is 0 Å². The third-order valence-corrected chi connectivity index (χ3v) is 4.94. The van der Waals surface area contributed by atoms with Gasteiger partial charge in [-0.2, -0.15) is 11.8 Å². The number of hydrogen-bond acceptors (Lipinski definition) is 3. The smallest absolute Gasteiger partial charge is 0.0431 e. The summed E-state index contributed by atoms with van der Waals surface area (Å²) in [5.74, 6) is 1.22. The lowest BCUT2D eigenvalue weighted by Gasteiger charge is -2.33. The topological polar surface area (TPSA) is 38.0 Å². The van der Waals surface area contributed by atoms with Crippen LogP contribution in [0, 0.1) is 0 Å². The molecule has 2 unspecified atom stereocenters. The van der Waals surface area contributed by atoms with E-state index in [-0.39, 0.29) is 5.54 Å². The lowest BCUT2D eigenvalue weighted by atomic mass is 9.92. The van der Waals surface area contributed by atoms with Crippen LogP contribution in [0.3, 0.4) is 0 Å². The SMILES string of the molecule is CC1SCCC1(CN)NCc1ccccc1. The zero-order valence-electron chi connectivity index (χ0n) is 9.78. The van der Waals surface area contributed by atoms with Crippen LogP contribution in [0.15, 0.2) is 30.3 Å². The van der Waals surface area contributed by atoms with Crippen molar-refractivity contribution in [1.82, 2.24) is 5.32 Å². The second-order valence-corrected chi connectivity index (χ2v) is 5.91. The highest BCUT2D eigenvalue weighted by Gasteiger charge is 2.39. The molecule has 0 aliphatic carbocycles. The second kappa shape index (κ2) is 5.21. The molecule has 2 rings (SSSR count). The first-order valence-electron chi connectivity index (χ1n) is 5.87. The van der Waals surface area contributed by atoms with E-state index >= 15 is 0 Å². The van der Waals surface area contributed by atoms with Gasteiger partial charge < -0.3 is 11.1 Å². The van der Waals surface area contributed by atoms with E-state index in [9.17, 15) is 0 Å². The van der Waals surface area contributed by atoms with Crippen LogP contribution in [0.25, 0.3) is 0 Å². The molecule has 1 fully saturated rings. The molecule has 1 aliphatic heterocycles. The van der Waals surface area contributed by atoms with E-state index in [1.165, 1.54) is 17.7 Å². The molecular formula is C13H20N2S. The molecule has 1 heterocycles. The Balaban J connectivity index is 1.98. The molecule has 0 saturated carbocycles. The highest BCUT2D eigenvalue weighted by atomic mass is 32.2. The lowest BCUT2D eigenvalue weighted by Crippen LogP contribution is -2.54. The first-order chi connectivity index (χ1) is 7.77. The minimum Gasteiger partial charge on any atom is -0.329 e. The van der Waals surface area contributed by atoms with Crippen molar-refractivity contribution in [2.75, 3.05) is 12.3 Å². The second-order valence-electron chi connectivity index (χ2n) is 4.46. The fourth-order valence-corrected chi connectivity index (χ4v) is 3.68. The third kappa shape index (κ3) is 2.42. The van der Waals surface area contributed by atoms with Gasteiger partial charge in [0.25, 0.3) is 0 Å². The average molecular weight is 236 g/mol. The number of thioether (sulfide) groups is 1. The molecule has 3 N–H and O–H groups in total. The molecule has 0 bridgehead atoms. The van der Waals surface area contributed by atoms with Crippen molar-refractivity contribution in [1.29, 1.82) is 0 Å². The van der Waals surface area contributed by atoms with Gasteiger partial charge in [-0.25, -0.2) is 0 Å². The normalized spacial score (nSPS) is 29.5. The summed E-state index contributed by atoms with van der Waals surface area (Å²) in [6, 6.07) is 10.5. The Kier molecular flexibility index (Phi) is 3.90. The summed E-state index contributed by atoms with van der Waals surface area (Å²) in [6.45, 7) is 3.93. The van der Waals surface area contributed by atoms with Crippen LogP contribution in [-0.4, -0.2) is 23.1 Å². The minimum atomic E-state index is 0.139. The molecule has 0 radical (unpaired) electrons. The molecule has 2 nitrogen and oxygen atoms in total. The van der Waals surface area contributed by atoms with Gasteiger partial charge in [0.2, 0.25) is 0 Å². The minimum absolute atomic E-state index is 0.139. The van der Waals surface area contributed by atoms with Crippen LogP contribution in [-0.2, 0) is 6.54 Å². The zero-order chi connectivity index (χ0) is 11.4. The first kappa shape index (κ1) is 12.0. The molecule has 16 heavy (non-hydrogen) atoms. The van der Waals surface area contributed by atoms with E-state index in [4.69, 9.17) is 5.73 Å². The highest BCUT2D eigenvalue weighted by molar-refractivity contribution is 8.00. The molecule has 0 spiro atoms. The first-order valence-corrected chi connectivity index (χ1v) is 6.92. The standard InChI is InChI=1S/C13H20N2S/c1-11-13(10-14,7-8-16-11)15-9-12-5-3-2-4-6-12/h2-6,11,15H,7-10,14H2,1H3. The molecular weight excluding hydrogens is 216 g/mol. The maximum absolute atomic E-state index is 5.95. The zero-order valence-corrected chi connectivity index (χ0v) is 10.6. The maximum Gasteiger partial charge on any atom is 0.0431 e. The Morgan fingerprint density at radius 3 is 2.75 bits per heavy atom. The van der Waals surface area contributed by atoms with Crippen molar-refractivity contribution in [2.45, 2.75) is 30.7 Å². The van der Waals surface area contributed by atoms with Gasteiger partial charge in [-0.05, 0) is 17.7 Å². The summed E-state index contributed by atoms with van der Waals surface area (Å²) >= 11 is 2.02. The van der Waals surface area contributed by atoms with Crippen LogP contribution < -0.4 is 11.1 Å². The Hall–Kier alpha value is -0.510. The molecule has 1 aromatic carbocycles. The fraction of sp³-hybridized carbons (Fsp3) is 0.538. The Labute approximate surface area is 102 Å². The van der Waals surface area contributed by atoms with Crippen LogP contribution in [0.4, 0.5) is 0 Å². The van der Waals surface area contributed by atoms with Gasteiger partial charge in [0.1, 0.15) is 0 Å². The van der Waals surface area contributed by atoms with Crippen LogP contribution in [0.1, 0.15) is 18.9 Å². The molecule has 1 aliphatic rings. The molecule has 88 valence electrons. The quantitative estimate of drug-likeness (QED) is 0.840. The summed E-state index contributed by atoms with van der Waals surface area (Å²) in [5.41, 5.74) is 7.42. The molecule has 0 aromatic heterocycles. The van der Waals surface area contributed by atoms with Crippen LogP contribution in [0.5, 0.6) is 0 Å². The van der Waals surface area contributed by atoms with Crippen molar-refractivity contribution in [2.24, 2.45) is 5.73 Å². The summed E-state index contributed by atoms with van der Waals surface area (Å²) in [6.07, 6.45) is 1.18. The fourth-order valence-electron chi connectivity index (χ4n) is 2.23. The van der Waals surface area contributed by atoms with E-state index < -0.39 is 0 Å². The average Bonchev–Trinajstić information content (AvgIpc) is 2.70.